The van der Waals surface area contributed by atoms with Crippen molar-refractivity contribution in [2.45, 2.75) is 6.10 Å². The molecule has 1 heterocycles. The molecule has 1 saturated heterocycles. The van der Waals surface area contributed by atoms with Gasteiger partial charge in [-0.05, 0) is 0 Å². The van der Waals surface area contributed by atoms with E-state index in [4.69, 9.17) is 0 Å². The first-order valence-corrected chi connectivity index (χ1v) is 1.93. The maximum atomic E-state index is 11.1. The second-order valence-electron chi connectivity index (χ2n) is 1.33. The Labute approximate surface area is 39.6 Å². The van der Waals surface area contributed by atoms with E-state index in [2.05, 4.69) is 4.74 Å². The van der Waals surface area contributed by atoms with E-state index in [1.165, 1.54) is 0 Å². The minimum Gasteiger partial charge on any atom is -0.368 e. The summed E-state index contributed by atoms with van der Waals surface area (Å²) in [5.41, 5.74) is 0. The van der Waals surface area contributed by atoms with Crippen LogP contribution >= 0.6 is 0 Å². The van der Waals surface area contributed by atoms with Crippen LogP contribution in [0.15, 0.2) is 12.2 Å². The number of ether oxygens (including phenoxy) is 1. The Bertz CT molecular complexity index is 91.9. The van der Waals surface area contributed by atoms with Crippen LogP contribution in [0.1, 0.15) is 0 Å². The van der Waals surface area contributed by atoms with Crippen LogP contribution in [-0.2, 0) is 4.74 Å². The lowest BCUT2D eigenvalue weighted by atomic mass is 10.5. The molecule has 0 aromatic rings. The lowest BCUT2D eigenvalue weighted by Crippen LogP contribution is -1.72. The Kier molecular flexibility index (Phi) is 1.06. The molecule has 0 amide bonds. The summed E-state index contributed by atoms with van der Waals surface area (Å²) in [6, 6.07) is 0. The highest BCUT2D eigenvalue weighted by Crippen LogP contribution is 2.13. The summed E-state index contributed by atoms with van der Waals surface area (Å²) in [5.74, 6) is 0. The topological polar surface area (TPSA) is 12.5 Å². The minimum atomic E-state index is -1.65. The van der Waals surface area contributed by atoms with Crippen LogP contribution in [0.25, 0.3) is 0 Å². The molecule has 0 aromatic carbocycles. The van der Waals surface area contributed by atoms with Gasteiger partial charge in [-0.2, -0.15) is 8.78 Å². The molecule has 0 aromatic heterocycles. The van der Waals surface area contributed by atoms with Crippen LogP contribution in [-0.4, -0.2) is 12.7 Å². The average molecular weight is 106 g/mol. The van der Waals surface area contributed by atoms with Gasteiger partial charge in [-0.3, -0.25) is 0 Å². The van der Waals surface area contributed by atoms with Crippen LogP contribution in [0.4, 0.5) is 8.78 Å². The molecule has 1 fully saturated rings. The third-order valence-corrected chi connectivity index (χ3v) is 0.671. The Balaban J connectivity index is 2.29. The van der Waals surface area contributed by atoms with Gasteiger partial charge >= 0.3 is 0 Å². The van der Waals surface area contributed by atoms with Gasteiger partial charge in [0.2, 0.25) is 0 Å². The van der Waals surface area contributed by atoms with E-state index in [0.717, 1.165) is 6.08 Å². The molecular weight excluding hydrogens is 102 g/mol. The number of hydrogen-bond acceptors (Lipinski definition) is 1. The molecule has 3 heteroatoms. The van der Waals surface area contributed by atoms with Crippen molar-refractivity contribution in [3.05, 3.63) is 12.2 Å². The van der Waals surface area contributed by atoms with E-state index in [9.17, 15) is 8.78 Å². The van der Waals surface area contributed by atoms with E-state index in [0.29, 0.717) is 6.61 Å². The number of hydrogen-bond donors (Lipinski definition) is 0. The second-order valence-corrected chi connectivity index (χ2v) is 1.33. The van der Waals surface area contributed by atoms with Crippen LogP contribution in [0.2, 0.25) is 0 Å². The fraction of sp³-hybridized carbons (Fsp3) is 0.500. The van der Waals surface area contributed by atoms with Gasteiger partial charge in [0, 0.05) is 6.08 Å². The van der Waals surface area contributed by atoms with Crippen molar-refractivity contribution in [1.29, 1.82) is 0 Å². The molecule has 0 N–H and O–H groups in total. The summed E-state index contributed by atoms with van der Waals surface area (Å²) in [7, 11) is 0. The van der Waals surface area contributed by atoms with E-state index in [-0.39, 0.29) is 6.10 Å². The molecule has 0 saturated carbocycles. The van der Waals surface area contributed by atoms with Crippen molar-refractivity contribution < 1.29 is 13.5 Å². The highest BCUT2D eigenvalue weighted by Gasteiger charge is 2.20. The van der Waals surface area contributed by atoms with Crippen LogP contribution in [0, 0.1) is 0 Å². The van der Waals surface area contributed by atoms with Crippen molar-refractivity contribution in [3.63, 3.8) is 0 Å². The molecule has 1 aliphatic heterocycles. The first kappa shape index (κ1) is 4.71. The maximum Gasteiger partial charge on any atom is 0.269 e. The second kappa shape index (κ2) is 1.58. The van der Waals surface area contributed by atoms with E-state index in [1.807, 2.05) is 0 Å². The van der Waals surface area contributed by atoms with Gasteiger partial charge < -0.3 is 4.74 Å². The summed E-state index contributed by atoms with van der Waals surface area (Å²) < 4.78 is 26.7. The van der Waals surface area contributed by atoms with Crippen molar-refractivity contribution in [3.8, 4) is 0 Å². The predicted octanol–water partition coefficient (Wildman–Crippen LogP) is 1.17. The molecule has 1 atom stereocenters. The molecule has 1 nitrogen and oxygen atoms in total. The fourth-order valence-corrected chi connectivity index (χ4v) is 0.292. The molecule has 1 unspecified atom stereocenters. The van der Waals surface area contributed by atoms with Gasteiger partial charge in [-0.25, -0.2) is 0 Å². The van der Waals surface area contributed by atoms with E-state index < -0.39 is 6.08 Å². The summed E-state index contributed by atoms with van der Waals surface area (Å²) in [6.45, 7) is 0.456. The third kappa shape index (κ3) is 1.64. The van der Waals surface area contributed by atoms with Gasteiger partial charge in [-0.1, -0.05) is 0 Å². The molecule has 0 aliphatic carbocycles. The van der Waals surface area contributed by atoms with Gasteiger partial charge in [0.05, 0.1) is 6.61 Å². The summed E-state index contributed by atoms with van der Waals surface area (Å²) >= 11 is 0. The lowest BCUT2D eigenvalue weighted by Gasteiger charge is -1.71. The zero-order valence-corrected chi connectivity index (χ0v) is 3.53. The molecule has 0 radical (unpaired) electrons. The van der Waals surface area contributed by atoms with E-state index in [1.54, 1.807) is 0 Å². The van der Waals surface area contributed by atoms with Crippen molar-refractivity contribution in [1.82, 2.24) is 0 Å². The maximum absolute atomic E-state index is 11.1. The number of halogens is 2. The van der Waals surface area contributed by atoms with Crippen LogP contribution < -0.4 is 0 Å². The highest BCUT2D eigenvalue weighted by atomic mass is 19.3. The van der Waals surface area contributed by atoms with Crippen molar-refractivity contribution in [2.24, 2.45) is 0 Å². The minimum absolute atomic E-state index is 0.287. The summed E-state index contributed by atoms with van der Waals surface area (Å²) in [6.07, 6.45) is -1.13. The van der Waals surface area contributed by atoms with Gasteiger partial charge in [0.15, 0.2) is 0 Å². The normalized spacial score (nSPS) is 26.9. The lowest BCUT2D eigenvalue weighted by molar-refractivity contribution is 0.397. The van der Waals surface area contributed by atoms with Gasteiger partial charge in [0.1, 0.15) is 6.10 Å². The zero-order valence-electron chi connectivity index (χ0n) is 3.53. The fourth-order valence-electron chi connectivity index (χ4n) is 0.292. The zero-order chi connectivity index (χ0) is 5.28. The van der Waals surface area contributed by atoms with Crippen LogP contribution in [0.5, 0.6) is 0 Å². The standard InChI is InChI=1S/C4H4F2O/c5-4(6)1-3-2-7-3/h1,3H,2H2. The molecule has 40 valence electrons. The Hall–Kier alpha value is -0.440. The Morgan fingerprint density at radius 1 is 1.71 bits per heavy atom. The van der Waals surface area contributed by atoms with Crippen molar-refractivity contribution in [2.75, 3.05) is 6.61 Å². The number of epoxide rings is 1. The summed E-state index contributed by atoms with van der Waals surface area (Å²) in [5, 5.41) is 0. The predicted molar refractivity (Wildman–Crippen MR) is 20.0 cm³/mol. The Morgan fingerprint density at radius 3 is 2.43 bits per heavy atom. The monoisotopic (exact) mass is 106 g/mol. The smallest absolute Gasteiger partial charge is 0.269 e. The third-order valence-electron chi connectivity index (χ3n) is 0.671. The molecule has 0 spiro atoms. The molecular formula is C4H4F2O. The van der Waals surface area contributed by atoms with Crippen LogP contribution in [0.3, 0.4) is 0 Å². The van der Waals surface area contributed by atoms with Gasteiger partial charge in [-0.15, -0.1) is 0 Å². The molecule has 1 aliphatic rings. The highest BCUT2D eigenvalue weighted by molar-refractivity contribution is 4.95. The SMILES string of the molecule is FC(F)=CC1CO1. The Morgan fingerprint density at radius 2 is 2.29 bits per heavy atom. The number of rotatable bonds is 1. The van der Waals surface area contributed by atoms with Crippen molar-refractivity contribution >= 4 is 0 Å². The molecule has 0 bridgehead atoms. The molecule has 1 rings (SSSR count). The molecule has 7 heavy (non-hydrogen) atoms. The average Bonchev–Trinajstić information content (AvgIpc) is 2.17. The summed E-state index contributed by atoms with van der Waals surface area (Å²) in [4.78, 5) is 0. The van der Waals surface area contributed by atoms with E-state index >= 15 is 0 Å². The largest absolute Gasteiger partial charge is 0.368 e. The first-order chi connectivity index (χ1) is 3.29. The quantitative estimate of drug-likeness (QED) is 0.457. The van der Waals surface area contributed by atoms with Gasteiger partial charge in [0.25, 0.3) is 6.08 Å². The first-order valence-electron chi connectivity index (χ1n) is 1.93.